The first-order valence-electron chi connectivity index (χ1n) is 8.02. The van der Waals surface area contributed by atoms with Crippen molar-refractivity contribution in [2.24, 2.45) is 5.73 Å². The van der Waals surface area contributed by atoms with Gasteiger partial charge in [0, 0.05) is 31.0 Å². The third-order valence-electron chi connectivity index (χ3n) is 4.41. The van der Waals surface area contributed by atoms with Crippen LogP contribution in [-0.4, -0.2) is 33.2 Å². The summed E-state index contributed by atoms with van der Waals surface area (Å²) in [6.07, 6.45) is 9.46. The molecular weight excluding hydrogens is 262 g/mol. The SMILES string of the molecule is CCCN(c1nccn2nc(C)cc12)C1CCC(N)CC1. The molecule has 0 unspecified atom stereocenters. The van der Waals surface area contributed by atoms with Crippen LogP contribution in [0.4, 0.5) is 5.82 Å². The van der Waals surface area contributed by atoms with Crippen molar-refractivity contribution in [2.75, 3.05) is 11.4 Å². The minimum Gasteiger partial charge on any atom is -0.352 e. The maximum Gasteiger partial charge on any atom is 0.154 e. The number of anilines is 1. The van der Waals surface area contributed by atoms with Crippen LogP contribution in [0.3, 0.4) is 0 Å². The Morgan fingerprint density at radius 2 is 2.10 bits per heavy atom. The van der Waals surface area contributed by atoms with Crippen LogP contribution < -0.4 is 10.6 Å². The van der Waals surface area contributed by atoms with Gasteiger partial charge >= 0.3 is 0 Å². The highest BCUT2D eigenvalue weighted by atomic mass is 15.3. The van der Waals surface area contributed by atoms with Crippen LogP contribution in [0, 0.1) is 6.92 Å². The largest absolute Gasteiger partial charge is 0.352 e. The lowest BCUT2D eigenvalue weighted by Crippen LogP contribution is -2.42. The van der Waals surface area contributed by atoms with Gasteiger partial charge in [0.25, 0.3) is 0 Å². The van der Waals surface area contributed by atoms with Gasteiger partial charge in [0.1, 0.15) is 5.52 Å². The number of hydrogen-bond acceptors (Lipinski definition) is 4. The summed E-state index contributed by atoms with van der Waals surface area (Å²) in [4.78, 5) is 7.14. The molecule has 1 saturated carbocycles. The van der Waals surface area contributed by atoms with E-state index in [1.165, 1.54) is 0 Å². The number of fused-ring (bicyclic) bond motifs is 1. The molecule has 0 spiro atoms. The van der Waals surface area contributed by atoms with Crippen molar-refractivity contribution in [3.63, 3.8) is 0 Å². The molecule has 1 fully saturated rings. The van der Waals surface area contributed by atoms with Gasteiger partial charge in [-0.1, -0.05) is 6.92 Å². The van der Waals surface area contributed by atoms with Crippen molar-refractivity contribution < 1.29 is 0 Å². The van der Waals surface area contributed by atoms with Crippen molar-refractivity contribution in [3.8, 4) is 0 Å². The zero-order chi connectivity index (χ0) is 14.8. The van der Waals surface area contributed by atoms with Crippen molar-refractivity contribution >= 4 is 11.3 Å². The number of rotatable bonds is 4. The summed E-state index contributed by atoms with van der Waals surface area (Å²) in [5, 5.41) is 4.50. The molecule has 1 aliphatic rings. The Kier molecular flexibility index (Phi) is 4.10. The summed E-state index contributed by atoms with van der Waals surface area (Å²) < 4.78 is 1.94. The summed E-state index contributed by atoms with van der Waals surface area (Å²) in [6, 6.07) is 3.06. The molecule has 2 N–H and O–H groups in total. The number of aryl methyl sites for hydroxylation is 1. The van der Waals surface area contributed by atoms with E-state index in [0.717, 1.165) is 55.7 Å². The van der Waals surface area contributed by atoms with Gasteiger partial charge < -0.3 is 10.6 Å². The fourth-order valence-electron chi connectivity index (χ4n) is 3.37. The molecule has 2 heterocycles. The van der Waals surface area contributed by atoms with Gasteiger partial charge in [-0.2, -0.15) is 5.10 Å². The van der Waals surface area contributed by atoms with E-state index in [4.69, 9.17) is 5.73 Å². The Bertz CT molecular complexity index is 598. The fraction of sp³-hybridized carbons (Fsp3) is 0.625. The molecule has 2 aromatic rings. The monoisotopic (exact) mass is 287 g/mol. The summed E-state index contributed by atoms with van der Waals surface area (Å²) >= 11 is 0. The summed E-state index contributed by atoms with van der Waals surface area (Å²) in [6.45, 7) is 5.29. The average Bonchev–Trinajstić information content (AvgIpc) is 2.86. The lowest BCUT2D eigenvalue weighted by molar-refractivity contribution is 0.374. The van der Waals surface area contributed by atoms with Gasteiger partial charge in [0.2, 0.25) is 0 Å². The first-order valence-corrected chi connectivity index (χ1v) is 8.02. The molecule has 0 radical (unpaired) electrons. The first kappa shape index (κ1) is 14.3. The summed E-state index contributed by atoms with van der Waals surface area (Å²) in [5.41, 5.74) is 8.20. The highest BCUT2D eigenvalue weighted by Gasteiger charge is 2.26. The minimum atomic E-state index is 0.380. The Balaban J connectivity index is 1.95. The lowest BCUT2D eigenvalue weighted by atomic mass is 9.90. The predicted molar refractivity (Wildman–Crippen MR) is 85.6 cm³/mol. The molecule has 3 rings (SSSR count). The average molecular weight is 287 g/mol. The molecule has 0 bridgehead atoms. The standard InChI is InChI=1S/C16H25N5/c1-3-9-20(14-6-4-13(17)5-7-14)16-15-11-12(2)19-21(15)10-8-18-16/h8,10-11,13-14H,3-7,9,17H2,1-2H3. The van der Waals surface area contributed by atoms with Crippen LogP contribution in [0.2, 0.25) is 0 Å². The van der Waals surface area contributed by atoms with Gasteiger partial charge in [-0.3, -0.25) is 0 Å². The minimum absolute atomic E-state index is 0.380. The Morgan fingerprint density at radius 3 is 2.81 bits per heavy atom. The molecule has 2 aromatic heterocycles. The smallest absolute Gasteiger partial charge is 0.154 e. The van der Waals surface area contributed by atoms with Crippen LogP contribution in [0.5, 0.6) is 0 Å². The van der Waals surface area contributed by atoms with E-state index >= 15 is 0 Å². The fourth-order valence-corrected chi connectivity index (χ4v) is 3.37. The third kappa shape index (κ3) is 2.88. The molecule has 5 nitrogen and oxygen atoms in total. The van der Waals surface area contributed by atoms with Crippen LogP contribution in [-0.2, 0) is 0 Å². The van der Waals surface area contributed by atoms with E-state index in [0.29, 0.717) is 12.1 Å². The molecule has 1 aliphatic carbocycles. The molecule has 0 aromatic carbocycles. The second-order valence-electron chi connectivity index (χ2n) is 6.13. The van der Waals surface area contributed by atoms with Crippen molar-refractivity contribution in [1.82, 2.24) is 14.6 Å². The summed E-state index contributed by atoms with van der Waals surface area (Å²) in [5.74, 6) is 1.07. The predicted octanol–water partition coefficient (Wildman–Crippen LogP) is 2.52. The maximum atomic E-state index is 6.06. The van der Waals surface area contributed by atoms with Gasteiger partial charge in [0.15, 0.2) is 5.82 Å². The molecule has 21 heavy (non-hydrogen) atoms. The number of nitrogens with zero attached hydrogens (tertiary/aromatic N) is 4. The number of nitrogens with two attached hydrogens (primary N) is 1. The van der Waals surface area contributed by atoms with E-state index in [1.54, 1.807) is 0 Å². The molecule has 0 saturated heterocycles. The van der Waals surface area contributed by atoms with E-state index in [2.05, 4.69) is 28.0 Å². The molecule has 0 atom stereocenters. The highest BCUT2D eigenvalue weighted by molar-refractivity contribution is 5.69. The van der Waals surface area contributed by atoms with E-state index < -0.39 is 0 Å². The third-order valence-corrected chi connectivity index (χ3v) is 4.41. The van der Waals surface area contributed by atoms with E-state index in [1.807, 2.05) is 23.8 Å². The van der Waals surface area contributed by atoms with Gasteiger partial charge in [-0.15, -0.1) is 0 Å². The zero-order valence-corrected chi connectivity index (χ0v) is 13.0. The summed E-state index contributed by atoms with van der Waals surface area (Å²) in [7, 11) is 0. The van der Waals surface area contributed by atoms with Crippen molar-refractivity contribution in [1.29, 1.82) is 0 Å². The molecular formula is C16H25N5. The topological polar surface area (TPSA) is 59.5 Å². The van der Waals surface area contributed by atoms with Crippen molar-refractivity contribution in [2.45, 2.75) is 58.0 Å². The Morgan fingerprint density at radius 1 is 1.33 bits per heavy atom. The second-order valence-corrected chi connectivity index (χ2v) is 6.13. The van der Waals surface area contributed by atoms with Gasteiger partial charge in [0.05, 0.1) is 5.69 Å². The Labute approximate surface area is 126 Å². The van der Waals surface area contributed by atoms with Crippen LogP contribution in [0.25, 0.3) is 5.52 Å². The zero-order valence-electron chi connectivity index (χ0n) is 13.0. The van der Waals surface area contributed by atoms with Crippen LogP contribution in [0.15, 0.2) is 18.5 Å². The normalized spacial score (nSPS) is 22.6. The van der Waals surface area contributed by atoms with Gasteiger partial charge in [-0.05, 0) is 45.1 Å². The second kappa shape index (κ2) is 6.02. The Hall–Kier alpha value is -1.62. The first-order chi connectivity index (χ1) is 10.2. The van der Waals surface area contributed by atoms with Crippen LogP contribution in [0.1, 0.15) is 44.7 Å². The van der Waals surface area contributed by atoms with Crippen LogP contribution >= 0.6 is 0 Å². The molecule has 0 aliphatic heterocycles. The van der Waals surface area contributed by atoms with Crippen molar-refractivity contribution in [3.05, 3.63) is 24.2 Å². The van der Waals surface area contributed by atoms with E-state index in [9.17, 15) is 0 Å². The number of hydrogen-bond donors (Lipinski definition) is 1. The quantitative estimate of drug-likeness (QED) is 0.938. The van der Waals surface area contributed by atoms with E-state index in [-0.39, 0.29) is 0 Å². The molecule has 0 amide bonds. The number of aromatic nitrogens is 3. The lowest BCUT2D eigenvalue weighted by Gasteiger charge is -2.37. The van der Waals surface area contributed by atoms with Gasteiger partial charge in [-0.25, -0.2) is 9.50 Å². The highest BCUT2D eigenvalue weighted by Crippen LogP contribution is 2.28. The molecule has 114 valence electrons. The maximum absolute atomic E-state index is 6.06. The molecule has 5 heteroatoms.